The summed E-state index contributed by atoms with van der Waals surface area (Å²) in [6.07, 6.45) is 2.82. The molecule has 3 nitrogen and oxygen atoms in total. The third-order valence-corrected chi connectivity index (χ3v) is 5.46. The summed E-state index contributed by atoms with van der Waals surface area (Å²) in [7, 11) is 0. The molecule has 3 heterocycles. The number of carbonyl (C=O) groups is 1. The Bertz CT molecular complexity index is 545. The predicted molar refractivity (Wildman–Crippen MR) is 87.2 cm³/mol. The molecule has 0 bridgehead atoms. The average Bonchev–Trinajstić information content (AvgIpc) is 3.22. The second-order valence-corrected chi connectivity index (χ2v) is 7.00. The van der Waals surface area contributed by atoms with Crippen LogP contribution < -0.4 is 0 Å². The molecule has 0 saturated carbocycles. The van der Waals surface area contributed by atoms with Crippen LogP contribution in [-0.4, -0.2) is 36.6 Å². The summed E-state index contributed by atoms with van der Waals surface area (Å²) in [4.78, 5) is 16.2. The average molecular weight is 321 g/mol. The highest BCUT2D eigenvalue weighted by Gasteiger charge is 2.26. The first kappa shape index (κ1) is 14.8. The molecule has 2 aromatic rings. The number of carbonyl (C=O) groups excluding carboxylic acids is 1. The standard InChI is InChI=1S/C16H19NO2S2/c18-16(13-6-11-20-12-13)17(14-4-8-19-9-5-14)7-3-15-2-1-10-21-15/h1-2,6,10-12,14H,3-5,7-9H2. The van der Waals surface area contributed by atoms with E-state index in [1.165, 1.54) is 4.88 Å². The lowest BCUT2D eigenvalue weighted by Crippen LogP contribution is -2.44. The van der Waals surface area contributed by atoms with Gasteiger partial charge in [0.05, 0.1) is 5.56 Å². The molecule has 1 saturated heterocycles. The van der Waals surface area contributed by atoms with E-state index in [0.717, 1.165) is 44.6 Å². The van der Waals surface area contributed by atoms with Gasteiger partial charge in [-0.15, -0.1) is 11.3 Å². The van der Waals surface area contributed by atoms with Crippen molar-refractivity contribution in [3.63, 3.8) is 0 Å². The number of amides is 1. The van der Waals surface area contributed by atoms with Crippen molar-refractivity contribution in [2.24, 2.45) is 0 Å². The molecule has 5 heteroatoms. The molecule has 1 fully saturated rings. The first-order chi connectivity index (χ1) is 10.3. The second-order valence-electron chi connectivity index (χ2n) is 5.18. The van der Waals surface area contributed by atoms with Crippen LogP contribution in [0, 0.1) is 0 Å². The molecule has 112 valence electrons. The Morgan fingerprint density at radius 1 is 1.29 bits per heavy atom. The van der Waals surface area contributed by atoms with Crippen LogP contribution in [0.1, 0.15) is 28.1 Å². The topological polar surface area (TPSA) is 29.5 Å². The fraction of sp³-hybridized carbons (Fsp3) is 0.438. The van der Waals surface area contributed by atoms with Crippen LogP contribution in [0.25, 0.3) is 0 Å². The van der Waals surface area contributed by atoms with Gasteiger partial charge in [-0.2, -0.15) is 11.3 Å². The number of hydrogen-bond donors (Lipinski definition) is 0. The van der Waals surface area contributed by atoms with E-state index in [2.05, 4.69) is 22.4 Å². The molecular formula is C16H19NO2S2. The highest BCUT2D eigenvalue weighted by Crippen LogP contribution is 2.20. The molecule has 0 N–H and O–H groups in total. The molecule has 0 aliphatic carbocycles. The molecule has 21 heavy (non-hydrogen) atoms. The first-order valence-corrected chi connectivity index (χ1v) is 9.10. The SMILES string of the molecule is O=C(c1ccsc1)N(CCc1cccs1)C1CCOCC1. The molecule has 0 unspecified atom stereocenters. The van der Waals surface area contributed by atoms with Gasteiger partial charge >= 0.3 is 0 Å². The lowest BCUT2D eigenvalue weighted by molar-refractivity contribution is 0.0294. The molecule has 1 amide bonds. The van der Waals surface area contributed by atoms with E-state index < -0.39 is 0 Å². The zero-order chi connectivity index (χ0) is 14.5. The summed E-state index contributed by atoms with van der Waals surface area (Å²) in [5.41, 5.74) is 0.817. The van der Waals surface area contributed by atoms with Crippen LogP contribution in [0.4, 0.5) is 0 Å². The highest BCUT2D eigenvalue weighted by atomic mass is 32.1. The van der Waals surface area contributed by atoms with E-state index in [1.807, 2.05) is 16.8 Å². The summed E-state index contributed by atoms with van der Waals surface area (Å²) < 4.78 is 5.44. The van der Waals surface area contributed by atoms with Crippen molar-refractivity contribution >= 4 is 28.6 Å². The van der Waals surface area contributed by atoms with Gasteiger partial charge in [-0.1, -0.05) is 6.07 Å². The van der Waals surface area contributed by atoms with Gasteiger partial charge in [-0.3, -0.25) is 4.79 Å². The zero-order valence-electron chi connectivity index (χ0n) is 11.9. The molecule has 0 atom stereocenters. The molecule has 0 aromatic carbocycles. The molecule has 2 aromatic heterocycles. The van der Waals surface area contributed by atoms with Crippen molar-refractivity contribution in [2.75, 3.05) is 19.8 Å². The van der Waals surface area contributed by atoms with Crippen LogP contribution in [0.3, 0.4) is 0 Å². The summed E-state index contributed by atoms with van der Waals surface area (Å²) in [5.74, 6) is 0.166. The minimum absolute atomic E-state index is 0.166. The number of nitrogens with zero attached hydrogens (tertiary/aromatic N) is 1. The van der Waals surface area contributed by atoms with Gasteiger partial charge in [0.25, 0.3) is 5.91 Å². The highest BCUT2D eigenvalue weighted by molar-refractivity contribution is 7.09. The van der Waals surface area contributed by atoms with Gasteiger partial charge in [0.1, 0.15) is 0 Å². The largest absolute Gasteiger partial charge is 0.381 e. The van der Waals surface area contributed by atoms with Crippen LogP contribution in [-0.2, 0) is 11.2 Å². The third-order valence-electron chi connectivity index (χ3n) is 3.84. The van der Waals surface area contributed by atoms with Crippen molar-refractivity contribution in [1.82, 2.24) is 4.90 Å². The Morgan fingerprint density at radius 2 is 2.14 bits per heavy atom. The van der Waals surface area contributed by atoms with Crippen molar-refractivity contribution in [1.29, 1.82) is 0 Å². The third kappa shape index (κ3) is 3.73. The van der Waals surface area contributed by atoms with Gasteiger partial charge < -0.3 is 9.64 Å². The quantitative estimate of drug-likeness (QED) is 0.841. The maximum absolute atomic E-state index is 12.8. The van der Waals surface area contributed by atoms with Crippen LogP contribution >= 0.6 is 22.7 Å². The molecule has 0 radical (unpaired) electrons. The van der Waals surface area contributed by atoms with Gasteiger partial charge in [0.2, 0.25) is 0 Å². The zero-order valence-corrected chi connectivity index (χ0v) is 13.5. The van der Waals surface area contributed by atoms with Gasteiger partial charge in [0, 0.05) is 36.1 Å². The second kappa shape index (κ2) is 7.20. The van der Waals surface area contributed by atoms with Crippen LogP contribution in [0.15, 0.2) is 34.3 Å². The number of thiophene rings is 2. The van der Waals surface area contributed by atoms with E-state index in [-0.39, 0.29) is 5.91 Å². The van der Waals surface area contributed by atoms with Crippen molar-refractivity contribution in [3.05, 3.63) is 44.8 Å². The van der Waals surface area contributed by atoms with E-state index in [9.17, 15) is 4.79 Å². The lowest BCUT2D eigenvalue weighted by atomic mass is 10.1. The molecule has 0 spiro atoms. The van der Waals surface area contributed by atoms with Crippen LogP contribution in [0.2, 0.25) is 0 Å². The van der Waals surface area contributed by atoms with Gasteiger partial charge in [-0.25, -0.2) is 0 Å². The maximum Gasteiger partial charge on any atom is 0.254 e. The monoisotopic (exact) mass is 321 g/mol. The van der Waals surface area contributed by atoms with Crippen molar-refractivity contribution in [3.8, 4) is 0 Å². The summed E-state index contributed by atoms with van der Waals surface area (Å²) in [6.45, 7) is 2.31. The number of ether oxygens (including phenoxy) is 1. The molecule has 1 aliphatic rings. The Balaban J connectivity index is 1.71. The summed E-state index contributed by atoms with van der Waals surface area (Å²) >= 11 is 3.34. The Kier molecular flexibility index (Phi) is 5.06. The Hall–Kier alpha value is -1.17. The number of rotatable bonds is 5. The summed E-state index contributed by atoms with van der Waals surface area (Å²) in [6, 6.07) is 6.44. The maximum atomic E-state index is 12.8. The lowest BCUT2D eigenvalue weighted by Gasteiger charge is -2.34. The van der Waals surface area contributed by atoms with E-state index in [1.54, 1.807) is 22.7 Å². The van der Waals surface area contributed by atoms with E-state index in [4.69, 9.17) is 4.74 Å². The predicted octanol–water partition coefficient (Wildman–Crippen LogP) is 3.67. The van der Waals surface area contributed by atoms with Gasteiger partial charge in [-0.05, 0) is 42.2 Å². The smallest absolute Gasteiger partial charge is 0.254 e. The Morgan fingerprint density at radius 3 is 2.81 bits per heavy atom. The molecule has 1 aliphatic heterocycles. The molecular weight excluding hydrogens is 302 g/mol. The number of hydrogen-bond acceptors (Lipinski definition) is 4. The minimum Gasteiger partial charge on any atom is -0.381 e. The fourth-order valence-electron chi connectivity index (χ4n) is 2.68. The minimum atomic E-state index is 0.166. The van der Waals surface area contributed by atoms with Crippen molar-refractivity contribution in [2.45, 2.75) is 25.3 Å². The normalized spacial score (nSPS) is 16.0. The van der Waals surface area contributed by atoms with E-state index in [0.29, 0.717) is 6.04 Å². The van der Waals surface area contributed by atoms with E-state index >= 15 is 0 Å². The fourth-order valence-corrected chi connectivity index (χ4v) is 4.01. The summed E-state index contributed by atoms with van der Waals surface area (Å²) in [5, 5.41) is 6.00. The molecule has 3 rings (SSSR count). The van der Waals surface area contributed by atoms with Crippen LogP contribution in [0.5, 0.6) is 0 Å². The Labute approximate surface area is 133 Å². The first-order valence-electron chi connectivity index (χ1n) is 7.28. The van der Waals surface area contributed by atoms with Crippen molar-refractivity contribution < 1.29 is 9.53 Å². The van der Waals surface area contributed by atoms with Gasteiger partial charge in [0.15, 0.2) is 0 Å².